The van der Waals surface area contributed by atoms with E-state index in [4.69, 9.17) is 38.8 Å². The fourth-order valence-electron chi connectivity index (χ4n) is 3.93. The van der Waals surface area contributed by atoms with Crippen molar-refractivity contribution in [1.82, 2.24) is 14.7 Å². The minimum absolute atomic E-state index is 0.0327. The van der Waals surface area contributed by atoms with E-state index in [1.54, 1.807) is 10.8 Å². The maximum Gasteiger partial charge on any atom is 0.305 e. The first kappa shape index (κ1) is 26.7. The molecule has 2 heterocycles. The van der Waals surface area contributed by atoms with Gasteiger partial charge in [-0.2, -0.15) is 5.10 Å². The molecule has 0 radical (unpaired) electrons. The number of carboxylic acids is 1. The van der Waals surface area contributed by atoms with Crippen LogP contribution in [0, 0.1) is 0 Å². The third-order valence-corrected chi connectivity index (χ3v) is 7.55. The van der Waals surface area contributed by atoms with Gasteiger partial charge in [0.25, 0.3) is 5.91 Å². The Morgan fingerprint density at radius 3 is 2.46 bits per heavy atom. The quantitative estimate of drug-likeness (QED) is 0.181. The van der Waals surface area contributed by atoms with Crippen LogP contribution in [0.4, 0.5) is 0 Å². The van der Waals surface area contributed by atoms with E-state index >= 15 is 0 Å². The van der Waals surface area contributed by atoms with Gasteiger partial charge in [-0.25, -0.2) is 4.68 Å². The van der Waals surface area contributed by atoms with Crippen LogP contribution in [0.1, 0.15) is 17.5 Å². The molecule has 5 rings (SSSR count). The number of hydrogen-bond donors (Lipinski definition) is 1. The summed E-state index contributed by atoms with van der Waals surface area (Å²) >= 11 is 12.5. The van der Waals surface area contributed by atoms with Crippen LogP contribution in [0.5, 0.6) is 5.75 Å². The maximum absolute atomic E-state index is 13.0. The molecule has 1 fully saturated rings. The number of rotatable bonds is 9. The minimum Gasteiger partial charge on any atom is -0.489 e. The molecule has 7 nitrogen and oxygen atoms in total. The normalized spacial score (nSPS) is 14.3. The number of para-hydroxylation sites is 1. The summed E-state index contributed by atoms with van der Waals surface area (Å²) in [6.45, 7) is 0.444. The molecule has 10 heteroatoms. The van der Waals surface area contributed by atoms with Crippen LogP contribution in [0.3, 0.4) is 0 Å². The molecule has 0 spiro atoms. The van der Waals surface area contributed by atoms with Crippen molar-refractivity contribution in [2.45, 2.75) is 13.0 Å². The highest BCUT2D eigenvalue weighted by Crippen LogP contribution is 2.35. The number of ether oxygens (including phenoxy) is 1. The zero-order valence-electron chi connectivity index (χ0n) is 20.5. The number of hydrogen-bond acceptors (Lipinski definition) is 6. The molecule has 0 unspecified atom stereocenters. The molecule has 1 aliphatic heterocycles. The molecule has 0 aliphatic carbocycles. The Hall–Kier alpha value is -3.92. The summed E-state index contributed by atoms with van der Waals surface area (Å²) < 4.78 is 8.02. The Labute approximate surface area is 239 Å². The highest BCUT2D eigenvalue weighted by molar-refractivity contribution is 8.26. The molecule has 1 N–H and O–H groups in total. The lowest BCUT2D eigenvalue weighted by molar-refractivity contribution is -0.137. The lowest BCUT2D eigenvalue weighted by Crippen LogP contribution is -2.30. The number of halogens is 1. The van der Waals surface area contributed by atoms with E-state index in [0.29, 0.717) is 32.3 Å². The summed E-state index contributed by atoms with van der Waals surface area (Å²) in [4.78, 5) is 25.8. The standard InChI is InChI=1S/C29H22ClN3O4S2/c30-22-10-6-19(7-11-22)18-37-24-12-8-20(9-13-24)27-21(17-33(31-27)23-4-2-1-3-5-23)16-25-28(36)32(29(38)39-25)15-14-26(34)35/h1-13,16-17H,14-15,18H2,(H,34,35). The molecular weight excluding hydrogens is 554 g/mol. The summed E-state index contributed by atoms with van der Waals surface area (Å²) in [5.41, 5.74) is 4.13. The van der Waals surface area contributed by atoms with Crippen molar-refractivity contribution in [1.29, 1.82) is 0 Å². The lowest BCUT2D eigenvalue weighted by Gasteiger charge is -2.12. The van der Waals surface area contributed by atoms with Gasteiger partial charge in [-0.1, -0.05) is 65.9 Å². The van der Waals surface area contributed by atoms with E-state index in [0.717, 1.165) is 34.1 Å². The van der Waals surface area contributed by atoms with Gasteiger partial charge in [0.1, 0.15) is 16.7 Å². The van der Waals surface area contributed by atoms with Gasteiger partial charge in [-0.15, -0.1) is 0 Å². The third-order valence-electron chi connectivity index (χ3n) is 5.92. The number of amides is 1. The molecule has 0 atom stereocenters. The van der Waals surface area contributed by atoms with Crippen molar-refractivity contribution in [3.63, 3.8) is 0 Å². The van der Waals surface area contributed by atoms with Crippen molar-refractivity contribution < 1.29 is 19.4 Å². The maximum atomic E-state index is 13.0. The van der Waals surface area contributed by atoms with E-state index in [2.05, 4.69) is 0 Å². The van der Waals surface area contributed by atoms with Crippen molar-refractivity contribution in [3.8, 4) is 22.7 Å². The minimum atomic E-state index is -0.986. The summed E-state index contributed by atoms with van der Waals surface area (Å²) in [5, 5.41) is 14.5. The number of carbonyl (C=O) groups is 2. The second-order valence-electron chi connectivity index (χ2n) is 8.63. The summed E-state index contributed by atoms with van der Waals surface area (Å²) in [6.07, 6.45) is 3.44. The van der Waals surface area contributed by atoms with Gasteiger partial charge in [0, 0.05) is 28.9 Å². The van der Waals surface area contributed by atoms with Crippen LogP contribution in [0.25, 0.3) is 23.0 Å². The first-order valence-corrected chi connectivity index (χ1v) is 13.6. The fraction of sp³-hybridized carbons (Fsp3) is 0.103. The van der Waals surface area contributed by atoms with Crippen molar-refractivity contribution >= 4 is 57.9 Å². The van der Waals surface area contributed by atoms with Gasteiger partial charge in [0.2, 0.25) is 0 Å². The van der Waals surface area contributed by atoms with E-state index in [9.17, 15) is 9.59 Å². The topological polar surface area (TPSA) is 84.7 Å². The molecule has 0 saturated carbocycles. The number of nitrogens with zero attached hydrogens (tertiary/aromatic N) is 3. The highest BCUT2D eigenvalue weighted by Gasteiger charge is 2.32. The summed E-state index contributed by atoms with van der Waals surface area (Å²) in [6, 6.07) is 24.8. The molecule has 1 aromatic heterocycles. The zero-order chi connectivity index (χ0) is 27.4. The average molecular weight is 576 g/mol. The number of thiocarbonyl (C=S) groups is 1. The Balaban J connectivity index is 1.43. The van der Waals surface area contributed by atoms with Gasteiger partial charge < -0.3 is 9.84 Å². The second kappa shape index (κ2) is 11.9. The number of aliphatic carboxylic acids is 1. The molecule has 0 bridgehead atoms. The van der Waals surface area contributed by atoms with Crippen LogP contribution in [0.15, 0.2) is 90.0 Å². The molecule has 1 aliphatic rings. The molecule has 1 saturated heterocycles. The fourth-order valence-corrected chi connectivity index (χ4v) is 5.35. The summed E-state index contributed by atoms with van der Waals surface area (Å²) in [7, 11) is 0. The predicted molar refractivity (Wildman–Crippen MR) is 157 cm³/mol. The Morgan fingerprint density at radius 2 is 1.77 bits per heavy atom. The Morgan fingerprint density at radius 1 is 1.05 bits per heavy atom. The van der Waals surface area contributed by atoms with Crippen molar-refractivity contribution in [3.05, 3.63) is 106 Å². The van der Waals surface area contributed by atoms with E-state index in [1.807, 2.05) is 85.1 Å². The third kappa shape index (κ3) is 6.39. The van der Waals surface area contributed by atoms with Crippen LogP contribution < -0.4 is 4.74 Å². The second-order valence-corrected chi connectivity index (χ2v) is 10.7. The lowest BCUT2D eigenvalue weighted by atomic mass is 10.1. The van der Waals surface area contributed by atoms with Gasteiger partial charge in [-0.3, -0.25) is 14.5 Å². The first-order chi connectivity index (χ1) is 18.9. The largest absolute Gasteiger partial charge is 0.489 e. The Kier molecular flexibility index (Phi) is 8.11. The molecule has 1 amide bonds. The van der Waals surface area contributed by atoms with Crippen molar-refractivity contribution in [2.24, 2.45) is 0 Å². The van der Waals surface area contributed by atoms with Gasteiger partial charge >= 0.3 is 5.97 Å². The monoisotopic (exact) mass is 575 g/mol. The molecule has 39 heavy (non-hydrogen) atoms. The summed E-state index contributed by atoms with van der Waals surface area (Å²) in [5.74, 6) is -0.590. The molecular formula is C29H22ClN3O4S2. The van der Waals surface area contributed by atoms with E-state index in [1.165, 1.54) is 4.90 Å². The smallest absolute Gasteiger partial charge is 0.305 e. The van der Waals surface area contributed by atoms with Crippen LogP contribution in [0.2, 0.25) is 5.02 Å². The van der Waals surface area contributed by atoms with Crippen LogP contribution in [-0.4, -0.2) is 42.5 Å². The number of aromatic nitrogens is 2. The number of carboxylic acid groups (broad SMARTS) is 1. The van der Waals surface area contributed by atoms with Gasteiger partial charge in [-0.05, 0) is 60.2 Å². The molecule has 4 aromatic rings. The molecule has 3 aromatic carbocycles. The Bertz CT molecular complexity index is 1550. The van der Waals surface area contributed by atoms with Crippen molar-refractivity contribution in [2.75, 3.05) is 6.54 Å². The SMILES string of the molecule is O=C(O)CCN1C(=O)C(=Cc2cn(-c3ccccc3)nc2-c2ccc(OCc3ccc(Cl)cc3)cc2)SC1=S. The highest BCUT2D eigenvalue weighted by atomic mass is 35.5. The van der Waals surface area contributed by atoms with Gasteiger partial charge in [0.05, 0.1) is 22.7 Å². The molecule has 196 valence electrons. The van der Waals surface area contributed by atoms with E-state index in [-0.39, 0.29) is 18.9 Å². The zero-order valence-corrected chi connectivity index (χ0v) is 22.9. The number of benzene rings is 3. The van der Waals surface area contributed by atoms with Crippen LogP contribution in [-0.2, 0) is 16.2 Å². The average Bonchev–Trinajstić information content (AvgIpc) is 3.48. The van der Waals surface area contributed by atoms with Crippen LogP contribution >= 0.6 is 35.6 Å². The number of carbonyl (C=O) groups excluding carboxylic acids is 1. The predicted octanol–water partition coefficient (Wildman–Crippen LogP) is 6.45. The van der Waals surface area contributed by atoms with Gasteiger partial charge in [0.15, 0.2) is 0 Å². The van der Waals surface area contributed by atoms with E-state index < -0.39 is 5.97 Å². The number of thioether (sulfide) groups is 1. The first-order valence-electron chi connectivity index (χ1n) is 12.0.